The second kappa shape index (κ2) is 9.27. The number of carboxylic acids is 1. The number of nitrogens with zero attached hydrogens (tertiary/aromatic N) is 1. The van der Waals surface area contributed by atoms with Gasteiger partial charge >= 0.3 is 5.97 Å². The van der Waals surface area contributed by atoms with Gasteiger partial charge in [0.15, 0.2) is 0 Å². The van der Waals surface area contributed by atoms with Crippen molar-refractivity contribution in [2.75, 3.05) is 0 Å². The Morgan fingerprint density at radius 1 is 1.09 bits per heavy atom. The molecule has 0 spiro atoms. The van der Waals surface area contributed by atoms with Gasteiger partial charge in [0.25, 0.3) is 0 Å². The molecule has 4 rings (SSSR count). The molecule has 0 saturated carbocycles. The van der Waals surface area contributed by atoms with Gasteiger partial charge in [-0.25, -0.2) is 4.39 Å². The third kappa shape index (κ3) is 4.83. The van der Waals surface area contributed by atoms with Crippen LogP contribution in [-0.4, -0.2) is 15.6 Å². The predicted octanol–water partition coefficient (Wildman–Crippen LogP) is 6.29. The first-order valence-corrected chi connectivity index (χ1v) is 10.7. The van der Waals surface area contributed by atoms with Crippen molar-refractivity contribution in [2.24, 2.45) is 0 Å². The molecule has 0 saturated heterocycles. The van der Waals surface area contributed by atoms with Gasteiger partial charge in [-0.3, -0.25) is 4.79 Å². The molecule has 0 aliphatic carbocycles. The topological polar surface area (TPSA) is 51.5 Å². The van der Waals surface area contributed by atoms with Crippen LogP contribution in [-0.2, 0) is 17.9 Å². The quantitative estimate of drug-likeness (QED) is 0.356. The summed E-state index contributed by atoms with van der Waals surface area (Å²) in [6.45, 7) is 5.01. The molecule has 0 aliphatic heterocycles. The number of carboxylic acid groups (broad SMARTS) is 1. The fourth-order valence-electron chi connectivity index (χ4n) is 4.08. The third-order valence-electron chi connectivity index (χ3n) is 5.86. The number of aliphatic carboxylic acids is 1. The maximum absolute atomic E-state index is 13.6. The Bertz CT molecular complexity index is 1240. The second-order valence-electron chi connectivity index (χ2n) is 8.22. The average Bonchev–Trinajstić information content (AvgIpc) is 3.16. The number of rotatable bonds is 8. The maximum atomic E-state index is 13.6. The van der Waals surface area contributed by atoms with Crippen LogP contribution in [0.3, 0.4) is 0 Å². The van der Waals surface area contributed by atoms with Crippen molar-refractivity contribution in [3.05, 3.63) is 101 Å². The SMILES string of the molecule is Cc1c(COc2ccc(C(C)CC(=O)O)cc2)ccc2ccn(Cc3cccc(F)c3)c12. The summed E-state index contributed by atoms with van der Waals surface area (Å²) in [6, 6.07) is 20.5. The molecule has 164 valence electrons. The molecule has 1 unspecified atom stereocenters. The highest BCUT2D eigenvalue weighted by Gasteiger charge is 2.12. The van der Waals surface area contributed by atoms with Crippen LogP contribution in [0.1, 0.15) is 41.5 Å². The number of ether oxygens (including phenoxy) is 1. The van der Waals surface area contributed by atoms with Gasteiger partial charge in [0, 0.05) is 12.7 Å². The average molecular weight is 432 g/mol. The van der Waals surface area contributed by atoms with E-state index < -0.39 is 5.97 Å². The number of hydrogen-bond donors (Lipinski definition) is 1. The molecule has 1 heterocycles. The van der Waals surface area contributed by atoms with E-state index in [1.807, 2.05) is 43.5 Å². The van der Waals surface area contributed by atoms with E-state index in [1.54, 1.807) is 12.1 Å². The molecule has 1 aromatic heterocycles. The Hall–Kier alpha value is -3.60. The van der Waals surface area contributed by atoms with Crippen molar-refractivity contribution in [1.82, 2.24) is 4.57 Å². The molecular weight excluding hydrogens is 405 g/mol. The minimum Gasteiger partial charge on any atom is -0.489 e. The van der Waals surface area contributed by atoms with Gasteiger partial charge in [-0.1, -0.05) is 43.3 Å². The summed E-state index contributed by atoms with van der Waals surface area (Å²) in [5.41, 5.74) is 5.23. The highest BCUT2D eigenvalue weighted by Crippen LogP contribution is 2.26. The summed E-state index contributed by atoms with van der Waals surface area (Å²) in [4.78, 5) is 10.9. The Labute approximate surface area is 186 Å². The van der Waals surface area contributed by atoms with Gasteiger partial charge in [0.1, 0.15) is 18.2 Å². The van der Waals surface area contributed by atoms with Gasteiger partial charge < -0.3 is 14.4 Å². The van der Waals surface area contributed by atoms with Crippen LogP contribution in [0.5, 0.6) is 5.75 Å². The van der Waals surface area contributed by atoms with E-state index in [4.69, 9.17) is 9.84 Å². The minimum atomic E-state index is -0.800. The van der Waals surface area contributed by atoms with E-state index in [9.17, 15) is 9.18 Å². The number of hydrogen-bond acceptors (Lipinski definition) is 2. The lowest BCUT2D eigenvalue weighted by molar-refractivity contribution is -0.137. The first kappa shape index (κ1) is 21.6. The van der Waals surface area contributed by atoms with E-state index in [1.165, 1.54) is 6.07 Å². The number of aromatic nitrogens is 1. The molecule has 0 fully saturated rings. The number of benzene rings is 3. The summed E-state index contributed by atoms with van der Waals surface area (Å²) in [7, 11) is 0. The van der Waals surface area contributed by atoms with Crippen molar-refractivity contribution in [1.29, 1.82) is 0 Å². The molecule has 1 atom stereocenters. The van der Waals surface area contributed by atoms with Gasteiger partial charge in [-0.15, -0.1) is 0 Å². The number of aryl methyl sites for hydroxylation is 1. The van der Waals surface area contributed by atoms with E-state index in [-0.39, 0.29) is 18.2 Å². The fourth-order valence-corrected chi connectivity index (χ4v) is 4.08. The molecule has 0 radical (unpaired) electrons. The zero-order valence-corrected chi connectivity index (χ0v) is 18.2. The smallest absolute Gasteiger partial charge is 0.303 e. The molecular formula is C27H26FNO3. The standard InChI is InChI=1S/C27H26FNO3/c1-18(14-26(30)31)21-8-10-25(11-9-21)32-17-23-7-6-22-12-13-29(27(22)19(23)2)16-20-4-3-5-24(28)15-20/h3-13,15,18H,14,16-17H2,1-2H3,(H,30,31). The van der Waals surface area contributed by atoms with E-state index in [0.29, 0.717) is 13.2 Å². The van der Waals surface area contributed by atoms with E-state index in [0.717, 1.165) is 38.9 Å². The van der Waals surface area contributed by atoms with Gasteiger partial charge in [-0.05, 0) is 70.8 Å². The van der Waals surface area contributed by atoms with Crippen LogP contribution in [0.2, 0.25) is 0 Å². The molecule has 32 heavy (non-hydrogen) atoms. The largest absolute Gasteiger partial charge is 0.489 e. The Morgan fingerprint density at radius 2 is 1.88 bits per heavy atom. The molecule has 3 aromatic carbocycles. The summed E-state index contributed by atoms with van der Waals surface area (Å²) < 4.78 is 21.7. The van der Waals surface area contributed by atoms with Crippen molar-refractivity contribution < 1.29 is 19.0 Å². The van der Waals surface area contributed by atoms with Crippen molar-refractivity contribution in [2.45, 2.75) is 39.3 Å². The molecule has 0 aliphatic rings. The van der Waals surface area contributed by atoms with E-state index >= 15 is 0 Å². The van der Waals surface area contributed by atoms with Crippen molar-refractivity contribution in [3.63, 3.8) is 0 Å². The highest BCUT2D eigenvalue weighted by atomic mass is 19.1. The Kier molecular flexibility index (Phi) is 6.26. The van der Waals surface area contributed by atoms with Crippen LogP contribution in [0, 0.1) is 12.7 Å². The molecule has 4 aromatic rings. The van der Waals surface area contributed by atoms with Crippen LogP contribution in [0.4, 0.5) is 4.39 Å². The molecule has 5 heteroatoms. The maximum Gasteiger partial charge on any atom is 0.303 e. The lowest BCUT2D eigenvalue weighted by Crippen LogP contribution is -2.04. The van der Waals surface area contributed by atoms with Crippen molar-refractivity contribution >= 4 is 16.9 Å². The monoisotopic (exact) mass is 431 g/mol. The molecule has 0 amide bonds. The third-order valence-corrected chi connectivity index (χ3v) is 5.86. The second-order valence-corrected chi connectivity index (χ2v) is 8.22. The zero-order chi connectivity index (χ0) is 22.7. The van der Waals surface area contributed by atoms with Gasteiger partial charge in [0.2, 0.25) is 0 Å². The van der Waals surface area contributed by atoms with Crippen LogP contribution >= 0.6 is 0 Å². The Balaban J connectivity index is 1.50. The molecule has 4 nitrogen and oxygen atoms in total. The summed E-state index contributed by atoms with van der Waals surface area (Å²) in [6.07, 6.45) is 2.14. The highest BCUT2D eigenvalue weighted by molar-refractivity contribution is 5.84. The Morgan fingerprint density at radius 3 is 2.59 bits per heavy atom. The number of halogens is 1. The number of carbonyl (C=O) groups is 1. The van der Waals surface area contributed by atoms with Crippen LogP contribution in [0.15, 0.2) is 72.9 Å². The molecule has 1 N–H and O–H groups in total. The van der Waals surface area contributed by atoms with Crippen molar-refractivity contribution in [3.8, 4) is 5.75 Å². The summed E-state index contributed by atoms with van der Waals surface area (Å²) in [5, 5.41) is 10.1. The van der Waals surface area contributed by atoms with Gasteiger partial charge in [-0.2, -0.15) is 0 Å². The van der Waals surface area contributed by atoms with Crippen LogP contribution < -0.4 is 4.74 Å². The fraction of sp³-hybridized carbons (Fsp3) is 0.222. The lowest BCUT2D eigenvalue weighted by Gasteiger charge is -2.14. The van der Waals surface area contributed by atoms with E-state index in [2.05, 4.69) is 29.7 Å². The van der Waals surface area contributed by atoms with Crippen LogP contribution in [0.25, 0.3) is 10.9 Å². The minimum absolute atomic E-state index is 0.0444. The predicted molar refractivity (Wildman–Crippen MR) is 124 cm³/mol. The summed E-state index contributed by atoms with van der Waals surface area (Å²) in [5.74, 6) is -0.331. The first-order chi connectivity index (χ1) is 15.4. The zero-order valence-electron chi connectivity index (χ0n) is 18.2. The van der Waals surface area contributed by atoms with Gasteiger partial charge in [0.05, 0.1) is 11.9 Å². The summed E-state index contributed by atoms with van der Waals surface area (Å²) >= 11 is 0. The number of fused-ring (bicyclic) bond motifs is 1. The normalized spacial score (nSPS) is 12.1. The molecule has 0 bridgehead atoms. The first-order valence-electron chi connectivity index (χ1n) is 10.7. The lowest BCUT2D eigenvalue weighted by atomic mass is 9.98.